The van der Waals surface area contributed by atoms with E-state index in [-0.39, 0.29) is 23.2 Å². The number of esters is 1. The number of nitrogens with zero attached hydrogens (tertiary/aromatic N) is 1. The molecule has 2 amide bonds. The maximum atomic E-state index is 14.3. The molecule has 122 valence electrons. The lowest BCUT2D eigenvalue weighted by Crippen LogP contribution is -2.49. The number of hydrogen-bond acceptors (Lipinski definition) is 3. The molecule has 1 aromatic rings. The number of carbonyl (C=O) groups is 2. The highest BCUT2D eigenvalue weighted by Crippen LogP contribution is 2.38. The number of rotatable bonds is 3. The van der Waals surface area contributed by atoms with Crippen molar-refractivity contribution in [1.29, 1.82) is 0 Å². The maximum absolute atomic E-state index is 14.3. The van der Waals surface area contributed by atoms with Gasteiger partial charge in [0.15, 0.2) is 0 Å². The quantitative estimate of drug-likeness (QED) is 0.816. The van der Waals surface area contributed by atoms with E-state index in [1.807, 2.05) is 0 Å². The highest BCUT2D eigenvalue weighted by atomic mass is 79.9. The Hall–Kier alpha value is -1.89. The van der Waals surface area contributed by atoms with E-state index < -0.39 is 17.8 Å². The molecule has 1 atom stereocenters. The molecule has 23 heavy (non-hydrogen) atoms. The van der Waals surface area contributed by atoms with Gasteiger partial charge in [0.1, 0.15) is 5.82 Å². The summed E-state index contributed by atoms with van der Waals surface area (Å²) in [6.45, 7) is 1.70. The number of nitrogens with one attached hydrogen (secondary N) is 1. The van der Waals surface area contributed by atoms with Gasteiger partial charge in [0.25, 0.3) is 0 Å². The third-order valence-electron chi connectivity index (χ3n) is 4.11. The largest absolute Gasteiger partial charge is 0.466 e. The second-order valence-electron chi connectivity index (χ2n) is 5.64. The average Bonchev–Trinajstić information content (AvgIpc) is 3.33. The van der Waals surface area contributed by atoms with Crippen molar-refractivity contribution in [3.8, 4) is 0 Å². The molecule has 0 unspecified atom stereocenters. The van der Waals surface area contributed by atoms with E-state index in [1.165, 1.54) is 13.2 Å². The van der Waals surface area contributed by atoms with Crippen molar-refractivity contribution >= 4 is 27.9 Å². The first kappa shape index (κ1) is 16.0. The normalized spacial score (nSPS) is 21.3. The second-order valence-corrected chi connectivity index (χ2v) is 6.56. The monoisotopic (exact) mass is 382 g/mol. The van der Waals surface area contributed by atoms with Gasteiger partial charge >= 0.3 is 12.0 Å². The number of carbonyl (C=O) groups excluding carboxylic acids is 2. The van der Waals surface area contributed by atoms with Crippen LogP contribution < -0.4 is 5.32 Å². The van der Waals surface area contributed by atoms with E-state index in [4.69, 9.17) is 4.74 Å². The van der Waals surface area contributed by atoms with E-state index >= 15 is 0 Å². The lowest BCUT2D eigenvalue weighted by Gasteiger charge is -2.35. The smallest absolute Gasteiger partial charge is 0.337 e. The predicted molar refractivity (Wildman–Crippen MR) is 84.9 cm³/mol. The van der Waals surface area contributed by atoms with Crippen LogP contribution in [0.1, 0.15) is 31.4 Å². The van der Waals surface area contributed by atoms with E-state index in [2.05, 4.69) is 21.2 Å². The fourth-order valence-electron chi connectivity index (χ4n) is 2.87. The van der Waals surface area contributed by atoms with Crippen LogP contribution in [0.15, 0.2) is 33.9 Å². The van der Waals surface area contributed by atoms with Crippen molar-refractivity contribution in [2.24, 2.45) is 0 Å². The van der Waals surface area contributed by atoms with Crippen molar-refractivity contribution in [3.63, 3.8) is 0 Å². The first-order valence-corrected chi connectivity index (χ1v) is 8.07. The number of ether oxygens (including phenoxy) is 1. The Labute approximate surface area is 141 Å². The summed E-state index contributed by atoms with van der Waals surface area (Å²) in [6, 6.07) is 3.33. The van der Waals surface area contributed by atoms with Gasteiger partial charge in [-0.05, 0) is 38.0 Å². The molecule has 0 bridgehead atoms. The number of halogens is 2. The van der Waals surface area contributed by atoms with Gasteiger partial charge in [0, 0.05) is 21.8 Å². The molecule has 1 aromatic carbocycles. The van der Waals surface area contributed by atoms with Crippen LogP contribution in [0.2, 0.25) is 0 Å². The SMILES string of the molecule is COC(=O)C1=C(C)N(C2CC2)C(=O)N[C@@H]1c1cc(Br)ccc1F. The lowest BCUT2D eigenvalue weighted by molar-refractivity contribution is -0.136. The molecule has 0 radical (unpaired) electrons. The fraction of sp³-hybridized carbons (Fsp3) is 0.375. The highest BCUT2D eigenvalue weighted by Gasteiger charge is 2.43. The molecule has 1 N–H and O–H groups in total. The first-order valence-electron chi connectivity index (χ1n) is 7.27. The van der Waals surface area contributed by atoms with Crippen molar-refractivity contribution in [1.82, 2.24) is 10.2 Å². The van der Waals surface area contributed by atoms with E-state index in [0.29, 0.717) is 10.2 Å². The summed E-state index contributed by atoms with van der Waals surface area (Å²) in [5.41, 5.74) is 1.01. The zero-order valence-corrected chi connectivity index (χ0v) is 14.3. The number of amides is 2. The third kappa shape index (κ3) is 2.85. The Balaban J connectivity index is 2.13. The van der Waals surface area contributed by atoms with E-state index in [0.717, 1.165) is 12.8 Å². The minimum absolute atomic E-state index is 0.1000. The number of methoxy groups -OCH3 is 1. The summed E-state index contributed by atoms with van der Waals surface area (Å²) in [4.78, 5) is 26.2. The molecule has 0 spiro atoms. The van der Waals surface area contributed by atoms with Gasteiger partial charge in [0.2, 0.25) is 0 Å². The summed E-state index contributed by atoms with van der Waals surface area (Å²) in [7, 11) is 1.27. The minimum atomic E-state index is -0.873. The summed E-state index contributed by atoms with van der Waals surface area (Å²) >= 11 is 3.29. The van der Waals surface area contributed by atoms with E-state index in [9.17, 15) is 14.0 Å². The van der Waals surface area contributed by atoms with Gasteiger partial charge in [-0.2, -0.15) is 0 Å². The van der Waals surface area contributed by atoms with Crippen LogP contribution in [-0.4, -0.2) is 30.1 Å². The molecule has 1 aliphatic carbocycles. The predicted octanol–water partition coefficient (Wildman–Crippen LogP) is 3.26. The summed E-state index contributed by atoms with van der Waals surface area (Å²) in [6.07, 6.45) is 1.80. The molecule has 1 heterocycles. The lowest BCUT2D eigenvalue weighted by atomic mass is 9.94. The number of urea groups is 1. The van der Waals surface area contributed by atoms with Crippen molar-refractivity contribution in [2.45, 2.75) is 31.8 Å². The second kappa shape index (κ2) is 5.96. The number of benzene rings is 1. The van der Waals surface area contributed by atoms with Crippen LogP contribution in [-0.2, 0) is 9.53 Å². The van der Waals surface area contributed by atoms with Crippen LogP contribution >= 0.6 is 15.9 Å². The highest BCUT2D eigenvalue weighted by molar-refractivity contribution is 9.10. The van der Waals surface area contributed by atoms with Crippen LogP contribution in [0.5, 0.6) is 0 Å². The molecule has 1 aliphatic heterocycles. The third-order valence-corrected chi connectivity index (χ3v) is 4.61. The molecular weight excluding hydrogens is 367 g/mol. The fourth-order valence-corrected chi connectivity index (χ4v) is 3.25. The molecule has 7 heteroatoms. The van der Waals surface area contributed by atoms with E-state index in [1.54, 1.807) is 24.0 Å². The van der Waals surface area contributed by atoms with Gasteiger partial charge in [0.05, 0.1) is 18.7 Å². The Kier molecular flexibility index (Phi) is 4.14. The Morgan fingerprint density at radius 3 is 2.74 bits per heavy atom. The van der Waals surface area contributed by atoms with Gasteiger partial charge in [-0.25, -0.2) is 14.0 Å². The molecule has 5 nitrogen and oxygen atoms in total. The molecule has 0 aromatic heterocycles. The summed E-state index contributed by atoms with van der Waals surface area (Å²) in [5.74, 6) is -1.06. The van der Waals surface area contributed by atoms with Crippen molar-refractivity contribution in [3.05, 3.63) is 45.3 Å². The molecule has 1 fully saturated rings. The maximum Gasteiger partial charge on any atom is 0.337 e. The molecule has 1 saturated carbocycles. The van der Waals surface area contributed by atoms with Gasteiger partial charge < -0.3 is 10.1 Å². The Morgan fingerprint density at radius 2 is 2.13 bits per heavy atom. The van der Waals surface area contributed by atoms with Crippen LogP contribution in [0.3, 0.4) is 0 Å². The zero-order chi connectivity index (χ0) is 16.7. The number of hydrogen-bond donors (Lipinski definition) is 1. The van der Waals surface area contributed by atoms with Crippen molar-refractivity contribution in [2.75, 3.05) is 7.11 Å². The molecule has 3 rings (SSSR count). The van der Waals surface area contributed by atoms with Crippen LogP contribution in [0.25, 0.3) is 0 Å². The minimum Gasteiger partial charge on any atom is -0.466 e. The molecular formula is C16H16BrFN2O3. The zero-order valence-electron chi connectivity index (χ0n) is 12.7. The van der Waals surface area contributed by atoms with Gasteiger partial charge in [-0.3, -0.25) is 4.90 Å². The van der Waals surface area contributed by atoms with Gasteiger partial charge in [-0.15, -0.1) is 0 Å². The Morgan fingerprint density at radius 1 is 1.43 bits per heavy atom. The summed E-state index contributed by atoms with van der Waals surface area (Å²) < 4.78 is 19.8. The molecule has 0 saturated heterocycles. The molecule has 2 aliphatic rings. The van der Waals surface area contributed by atoms with Crippen LogP contribution in [0, 0.1) is 5.82 Å². The van der Waals surface area contributed by atoms with Gasteiger partial charge in [-0.1, -0.05) is 15.9 Å². The van der Waals surface area contributed by atoms with Crippen molar-refractivity contribution < 1.29 is 18.7 Å². The first-order chi connectivity index (χ1) is 10.9. The summed E-state index contributed by atoms with van der Waals surface area (Å²) in [5, 5.41) is 2.74. The average molecular weight is 383 g/mol. The Bertz CT molecular complexity index is 715. The topological polar surface area (TPSA) is 58.6 Å². The number of allylic oxidation sites excluding steroid dienone is 1. The van der Waals surface area contributed by atoms with Crippen LogP contribution in [0.4, 0.5) is 9.18 Å². The standard InChI is InChI=1S/C16H16BrFN2O3/c1-8-13(15(21)23-2)14(11-7-9(17)3-6-12(11)18)19-16(22)20(8)10-4-5-10/h3,6-7,10,14H,4-5H2,1-2H3,(H,19,22)/t14-/m1/s1.